The van der Waals surface area contributed by atoms with Gasteiger partial charge in [-0.15, -0.1) is 0 Å². The third-order valence-electron chi connectivity index (χ3n) is 2.79. The number of halogens is 2. The zero-order chi connectivity index (χ0) is 12.6. The number of allylic oxidation sites excluding steroid dienone is 1. The summed E-state index contributed by atoms with van der Waals surface area (Å²) in [6.07, 6.45) is 3.69. The third kappa shape index (κ3) is 2.17. The van der Waals surface area contributed by atoms with Crippen LogP contribution in [0.4, 0.5) is 8.78 Å². The summed E-state index contributed by atoms with van der Waals surface area (Å²) in [7, 11) is 1.78. The van der Waals surface area contributed by atoms with Gasteiger partial charge in [-0.25, -0.2) is 19.2 Å². The molecule has 2 heterocycles. The van der Waals surface area contributed by atoms with Crippen molar-refractivity contribution >= 4 is 5.84 Å². The van der Waals surface area contributed by atoms with Gasteiger partial charge in [0, 0.05) is 18.8 Å². The first-order valence-electron chi connectivity index (χ1n) is 5.50. The van der Waals surface area contributed by atoms with Crippen LogP contribution in [-0.2, 0) is 0 Å². The molecule has 2 aliphatic rings. The number of hydrogen-bond acceptors (Lipinski definition) is 4. The molecule has 0 aromatic rings. The molecule has 1 fully saturated rings. The Labute approximate surface area is 99.3 Å². The standard InChI is InChI=1S/C11H16F2N4/c1-4-9-15-10(8(2)5-17(9)14-3)16-6-11(12,13)7-16/h4-5,14H,6-7H2,1-3H3. The van der Waals surface area contributed by atoms with Crippen molar-refractivity contribution in [3.05, 3.63) is 23.7 Å². The van der Waals surface area contributed by atoms with Crippen molar-refractivity contribution in [2.24, 2.45) is 4.99 Å². The van der Waals surface area contributed by atoms with Crippen molar-refractivity contribution in [2.45, 2.75) is 19.8 Å². The molecule has 0 bridgehead atoms. The summed E-state index contributed by atoms with van der Waals surface area (Å²) >= 11 is 0. The zero-order valence-corrected chi connectivity index (χ0v) is 10.2. The summed E-state index contributed by atoms with van der Waals surface area (Å²) in [5.74, 6) is -1.22. The fourth-order valence-electron chi connectivity index (χ4n) is 1.93. The molecule has 0 saturated carbocycles. The number of rotatable bonds is 1. The van der Waals surface area contributed by atoms with E-state index in [1.807, 2.05) is 26.1 Å². The fourth-order valence-corrected chi connectivity index (χ4v) is 1.93. The van der Waals surface area contributed by atoms with E-state index in [2.05, 4.69) is 10.4 Å². The van der Waals surface area contributed by atoms with Crippen LogP contribution in [0.25, 0.3) is 0 Å². The van der Waals surface area contributed by atoms with Crippen molar-refractivity contribution in [1.29, 1.82) is 0 Å². The second-order valence-electron chi connectivity index (χ2n) is 4.20. The molecule has 2 aliphatic heterocycles. The lowest BCUT2D eigenvalue weighted by molar-refractivity contribution is -0.101. The molecule has 4 nitrogen and oxygen atoms in total. The van der Waals surface area contributed by atoms with Crippen molar-refractivity contribution < 1.29 is 8.78 Å². The van der Waals surface area contributed by atoms with E-state index in [4.69, 9.17) is 0 Å². The van der Waals surface area contributed by atoms with Crippen LogP contribution in [0, 0.1) is 0 Å². The lowest BCUT2D eigenvalue weighted by atomic mass is 10.1. The SMILES string of the molecule is CC=C1N=C(N2CC(F)(F)C2)C(C)=CN1NC. The van der Waals surface area contributed by atoms with Crippen molar-refractivity contribution in [3.63, 3.8) is 0 Å². The predicted molar refractivity (Wildman–Crippen MR) is 62.4 cm³/mol. The molecule has 0 unspecified atom stereocenters. The van der Waals surface area contributed by atoms with Gasteiger partial charge in [0.2, 0.25) is 0 Å². The Morgan fingerprint density at radius 1 is 1.47 bits per heavy atom. The summed E-state index contributed by atoms with van der Waals surface area (Å²) in [4.78, 5) is 5.99. The number of nitrogens with zero attached hydrogens (tertiary/aromatic N) is 3. The van der Waals surface area contributed by atoms with E-state index in [1.165, 1.54) is 0 Å². The maximum atomic E-state index is 12.8. The molecule has 17 heavy (non-hydrogen) atoms. The van der Waals surface area contributed by atoms with E-state index < -0.39 is 5.92 Å². The van der Waals surface area contributed by atoms with Crippen LogP contribution in [0.2, 0.25) is 0 Å². The van der Waals surface area contributed by atoms with Gasteiger partial charge in [-0.3, -0.25) is 5.01 Å². The molecular formula is C11H16F2N4. The van der Waals surface area contributed by atoms with Crippen LogP contribution < -0.4 is 5.43 Å². The van der Waals surface area contributed by atoms with Gasteiger partial charge in [0.1, 0.15) is 11.7 Å². The molecule has 0 radical (unpaired) electrons. The van der Waals surface area contributed by atoms with Crippen molar-refractivity contribution in [3.8, 4) is 0 Å². The number of amidine groups is 1. The smallest absolute Gasteiger partial charge is 0.282 e. The first kappa shape index (κ1) is 12.0. The highest BCUT2D eigenvalue weighted by molar-refractivity contribution is 5.99. The molecule has 0 spiro atoms. The van der Waals surface area contributed by atoms with E-state index in [-0.39, 0.29) is 13.1 Å². The first-order valence-corrected chi connectivity index (χ1v) is 5.50. The largest absolute Gasteiger partial charge is 0.344 e. The second kappa shape index (κ2) is 4.10. The maximum Gasteiger partial charge on any atom is 0.282 e. The van der Waals surface area contributed by atoms with Gasteiger partial charge in [0.05, 0.1) is 13.1 Å². The first-order chi connectivity index (χ1) is 7.96. The Hall–Kier alpha value is -1.43. The topological polar surface area (TPSA) is 30.9 Å². The molecule has 1 N–H and O–H groups in total. The van der Waals surface area contributed by atoms with E-state index in [9.17, 15) is 8.78 Å². The average Bonchev–Trinajstić information content (AvgIpc) is 2.25. The summed E-state index contributed by atoms with van der Waals surface area (Å²) in [5, 5.41) is 1.76. The minimum Gasteiger partial charge on any atom is -0.344 e. The summed E-state index contributed by atoms with van der Waals surface area (Å²) in [6, 6.07) is 0. The lowest BCUT2D eigenvalue weighted by Gasteiger charge is -2.42. The molecule has 1 saturated heterocycles. The molecule has 94 valence electrons. The van der Waals surface area contributed by atoms with Gasteiger partial charge in [-0.05, 0) is 19.9 Å². The van der Waals surface area contributed by atoms with E-state index in [0.29, 0.717) is 11.7 Å². The van der Waals surface area contributed by atoms with Gasteiger partial charge in [0.15, 0.2) is 0 Å². The van der Waals surface area contributed by atoms with Crippen LogP contribution in [0.3, 0.4) is 0 Å². The molecule has 0 aromatic heterocycles. The minimum absolute atomic E-state index is 0.242. The Balaban J connectivity index is 2.19. The predicted octanol–water partition coefficient (Wildman–Crippen LogP) is 1.55. The van der Waals surface area contributed by atoms with Crippen LogP contribution in [-0.4, -0.2) is 41.8 Å². The average molecular weight is 242 g/mol. The highest BCUT2D eigenvalue weighted by Crippen LogP contribution is 2.30. The summed E-state index contributed by atoms with van der Waals surface area (Å²) < 4.78 is 25.7. The number of alkyl halides is 2. The number of aliphatic imine (C=N–C) groups is 1. The van der Waals surface area contributed by atoms with Crippen LogP contribution in [0.1, 0.15) is 13.8 Å². The van der Waals surface area contributed by atoms with Crippen LogP contribution in [0.5, 0.6) is 0 Å². The third-order valence-corrected chi connectivity index (χ3v) is 2.79. The number of nitrogens with one attached hydrogen (secondary N) is 1. The number of hydrogen-bond donors (Lipinski definition) is 1. The molecule has 0 amide bonds. The van der Waals surface area contributed by atoms with E-state index in [1.54, 1.807) is 17.0 Å². The van der Waals surface area contributed by atoms with Crippen LogP contribution in [0.15, 0.2) is 28.7 Å². The Kier molecular flexibility index (Phi) is 2.91. The molecule has 6 heteroatoms. The monoisotopic (exact) mass is 242 g/mol. The highest BCUT2D eigenvalue weighted by atomic mass is 19.3. The minimum atomic E-state index is -2.57. The van der Waals surface area contributed by atoms with Gasteiger partial charge >= 0.3 is 0 Å². The van der Waals surface area contributed by atoms with Gasteiger partial charge in [0.25, 0.3) is 5.92 Å². The zero-order valence-electron chi connectivity index (χ0n) is 10.2. The van der Waals surface area contributed by atoms with Crippen molar-refractivity contribution in [2.75, 3.05) is 20.1 Å². The fraction of sp³-hybridized carbons (Fsp3) is 0.545. The molecule has 0 aromatic carbocycles. The van der Waals surface area contributed by atoms with Gasteiger partial charge in [-0.1, -0.05) is 0 Å². The van der Waals surface area contributed by atoms with E-state index in [0.717, 1.165) is 5.57 Å². The summed E-state index contributed by atoms with van der Waals surface area (Å²) in [6.45, 7) is 3.24. The maximum absolute atomic E-state index is 12.8. The van der Waals surface area contributed by atoms with Gasteiger partial charge in [-0.2, -0.15) is 0 Å². The Bertz CT molecular complexity index is 404. The van der Waals surface area contributed by atoms with Gasteiger partial charge < -0.3 is 4.90 Å². The normalized spacial score (nSPS) is 25.6. The Morgan fingerprint density at radius 2 is 2.12 bits per heavy atom. The highest BCUT2D eigenvalue weighted by Gasteiger charge is 2.46. The number of hydrazine groups is 1. The molecular weight excluding hydrogens is 226 g/mol. The second-order valence-corrected chi connectivity index (χ2v) is 4.20. The molecule has 0 atom stereocenters. The Morgan fingerprint density at radius 3 is 2.59 bits per heavy atom. The van der Waals surface area contributed by atoms with E-state index >= 15 is 0 Å². The summed E-state index contributed by atoms with van der Waals surface area (Å²) in [5.41, 5.74) is 3.84. The molecule has 0 aliphatic carbocycles. The quantitative estimate of drug-likeness (QED) is 0.757. The number of likely N-dealkylation sites (tertiary alicyclic amines) is 1. The molecule has 2 rings (SSSR count). The van der Waals surface area contributed by atoms with Crippen molar-refractivity contribution in [1.82, 2.24) is 15.3 Å². The van der Waals surface area contributed by atoms with Crippen LogP contribution >= 0.6 is 0 Å². The lowest BCUT2D eigenvalue weighted by Crippen LogP contribution is -2.59.